The normalized spacial score (nSPS) is 10.5. The Bertz CT molecular complexity index is 363. The van der Waals surface area contributed by atoms with Gasteiger partial charge in [-0.2, -0.15) is 0 Å². The van der Waals surface area contributed by atoms with Crippen molar-refractivity contribution in [2.24, 2.45) is 0 Å². The Kier molecular flexibility index (Phi) is 6.15. The third kappa shape index (κ3) is 4.83. The zero-order valence-corrected chi connectivity index (χ0v) is 11.6. The highest BCUT2D eigenvalue weighted by Gasteiger charge is 2.06. The number of nitrogens with zero attached hydrogens (tertiary/aromatic N) is 1. The van der Waals surface area contributed by atoms with Crippen molar-refractivity contribution < 1.29 is 4.79 Å². The molecule has 1 aromatic rings. The molecular weight excluding hydrogens is 234 g/mol. The summed E-state index contributed by atoms with van der Waals surface area (Å²) in [5.41, 5.74) is 1.19. The number of hydrogen-bond donors (Lipinski definition) is 2. The van der Waals surface area contributed by atoms with E-state index in [2.05, 4.69) is 29.5 Å². The van der Waals surface area contributed by atoms with E-state index in [1.54, 1.807) is 11.3 Å². The van der Waals surface area contributed by atoms with Gasteiger partial charge in [-0.3, -0.25) is 4.79 Å². The van der Waals surface area contributed by atoms with Crippen LogP contribution in [-0.2, 0) is 17.6 Å². The fraction of sp³-hybridized carbons (Fsp3) is 0.667. The minimum Gasteiger partial charge on any atom is -0.356 e. The van der Waals surface area contributed by atoms with Gasteiger partial charge in [-0.1, -0.05) is 6.92 Å². The zero-order valence-electron chi connectivity index (χ0n) is 10.8. The molecule has 17 heavy (non-hydrogen) atoms. The van der Waals surface area contributed by atoms with Crippen LogP contribution < -0.4 is 10.6 Å². The lowest BCUT2D eigenvalue weighted by Crippen LogP contribution is -2.28. The minimum absolute atomic E-state index is 0.100. The Morgan fingerprint density at radius 3 is 2.76 bits per heavy atom. The standard InChI is InChI=1S/C12H21N3OS/c1-4-10-9(2)17-12(15-10)6-8-14-11(16)5-7-13-3/h13H,4-8H2,1-3H3,(H,14,16). The number of rotatable bonds is 7. The van der Waals surface area contributed by atoms with Crippen molar-refractivity contribution in [3.05, 3.63) is 15.6 Å². The Balaban J connectivity index is 2.28. The molecule has 0 aliphatic heterocycles. The number of aryl methyl sites for hydroxylation is 2. The van der Waals surface area contributed by atoms with E-state index >= 15 is 0 Å². The minimum atomic E-state index is 0.100. The number of nitrogens with one attached hydrogen (secondary N) is 2. The van der Waals surface area contributed by atoms with Gasteiger partial charge in [0.25, 0.3) is 0 Å². The number of hydrogen-bond acceptors (Lipinski definition) is 4. The van der Waals surface area contributed by atoms with Gasteiger partial charge >= 0.3 is 0 Å². The summed E-state index contributed by atoms with van der Waals surface area (Å²) in [6.45, 7) is 5.62. The molecule has 0 bridgehead atoms. The van der Waals surface area contributed by atoms with Gasteiger partial charge in [-0.15, -0.1) is 11.3 Å². The molecule has 1 aromatic heterocycles. The highest BCUT2D eigenvalue weighted by atomic mass is 32.1. The second-order valence-corrected chi connectivity index (χ2v) is 5.21. The van der Waals surface area contributed by atoms with Crippen LogP contribution in [0.2, 0.25) is 0 Å². The van der Waals surface area contributed by atoms with Crippen molar-refractivity contribution >= 4 is 17.2 Å². The van der Waals surface area contributed by atoms with Gasteiger partial charge in [0.2, 0.25) is 5.91 Å². The molecule has 1 heterocycles. The first-order chi connectivity index (χ1) is 8.17. The van der Waals surface area contributed by atoms with E-state index in [9.17, 15) is 4.79 Å². The molecule has 0 atom stereocenters. The predicted octanol–water partition coefficient (Wildman–Crippen LogP) is 1.28. The molecular formula is C12H21N3OS. The number of amides is 1. The number of carbonyl (C=O) groups is 1. The topological polar surface area (TPSA) is 54.0 Å². The lowest BCUT2D eigenvalue weighted by atomic mass is 10.3. The van der Waals surface area contributed by atoms with E-state index in [1.165, 1.54) is 10.6 Å². The Labute approximate surface area is 107 Å². The third-order valence-electron chi connectivity index (χ3n) is 2.53. The van der Waals surface area contributed by atoms with Gasteiger partial charge in [-0.25, -0.2) is 4.98 Å². The molecule has 0 unspecified atom stereocenters. The van der Waals surface area contributed by atoms with E-state index < -0.39 is 0 Å². The quantitative estimate of drug-likeness (QED) is 0.772. The second-order valence-electron chi connectivity index (χ2n) is 3.92. The van der Waals surface area contributed by atoms with Crippen molar-refractivity contribution in [1.82, 2.24) is 15.6 Å². The Morgan fingerprint density at radius 2 is 2.18 bits per heavy atom. The number of thiazole rings is 1. The third-order valence-corrected chi connectivity index (χ3v) is 3.61. The Morgan fingerprint density at radius 1 is 1.41 bits per heavy atom. The monoisotopic (exact) mass is 255 g/mol. The maximum Gasteiger partial charge on any atom is 0.221 e. The molecule has 96 valence electrons. The molecule has 0 aliphatic rings. The summed E-state index contributed by atoms with van der Waals surface area (Å²) < 4.78 is 0. The first kappa shape index (κ1) is 14.1. The maximum absolute atomic E-state index is 11.4. The summed E-state index contributed by atoms with van der Waals surface area (Å²) in [4.78, 5) is 17.2. The average molecular weight is 255 g/mol. The second kappa shape index (κ2) is 7.40. The summed E-state index contributed by atoms with van der Waals surface area (Å²) in [5.74, 6) is 0.100. The SMILES string of the molecule is CCc1nc(CCNC(=O)CCNC)sc1C. The van der Waals surface area contributed by atoms with Crippen molar-refractivity contribution in [2.75, 3.05) is 20.1 Å². The van der Waals surface area contributed by atoms with Crippen LogP contribution in [0.25, 0.3) is 0 Å². The summed E-state index contributed by atoms with van der Waals surface area (Å²) in [7, 11) is 1.85. The van der Waals surface area contributed by atoms with Crippen LogP contribution in [0.4, 0.5) is 0 Å². The largest absolute Gasteiger partial charge is 0.356 e. The van der Waals surface area contributed by atoms with Crippen molar-refractivity contribution in [3.63, 3.8) is 0 Å². The first-order valence-corrected chi connectivity index (χ1v) is 6.85. The van der Waals surface area contributed by atoms with Crippen molar-refractivity contribution in [1.29, 1.82) is 0 Å². The summed E-state index contributed by atoms with van der Waals surface area (Å²) in [6.07, 6.45) is 2.35. The van der Waals surface area contributed by atoms with Gasteiger partial charge in [0.1, 0.15) is 0 Å². The van der Waals surface area contributed by atoms with Gasteiger partial charge in [0.15, 0.2) is 0 Å². The highest BCUT2D eigenvalue weighted by Crippen LogP contribution is 2.17. The van der Waals surface area contributed by atoms with Crippen LogP contribution >= 0.6 is 11.3 Å². The smallest absolute Gasteiger partial charge is 0.221 e. The molecule has 5 heteroatoms. The van der Waals surface area contributed by atoms with E-state index in [4.69, 9.17) is 0 Å². The van der Waals surface area contributed by atoms with Crippen LogP contribution in [0.15, 0.2) is 0 Å². The molecule has 4 nitrogen and oxygen atoms in total. The fourth-order valence-electron chi connectivity index (χ4n) is 1.56. The zero-order chi connectivity index (χ0) is 12.7. The summed E-state index contributed by atoms with van der Waals surface area (Å²) in [5, 5.41) is 6.97. The first-order valence-electron chi connectivity index (χ1n) is 6.03. The molecule has 0 fully saturated rings. The number of carbonyl (C=O) groups excluding carboxylic acids is 1. The maximum atomic E-state index is 11.4. The molecule has 0 radical (unpaired) electrons. The molecule has 0 saturated heterocycles. The molecule has 1 amide bonds. The molecule has 0 aromatic carbocycles. The predicted molar refractivity (Wildman–Crippen MR) is 71.5 cm³/mol. The van der Waals surface area contributed by atoms with Crippen LogP contribution in [0.1, 0.15) is 28.9 Å². The lowest BCUT2D eigenvalue weighted by molar-refractivity contribution is -0.120. The van der Waals surface area contributed by atoms with E-state index in [0.717, 1.165) is 24.4 Å². The van der Waals surface area contributed by atoms with E-state index in [0.29, 0.717) is 13.0 Å². The number of aromatic nitrogens is 1. The van der Waals surface area contributed by atoms with Crippen molar-refractivity contribution in [2.45, 2.75) is 33.1 Å². The summed E-state index contributed by atoms with van der Waals surface area (Å²) >= 11 is 1.73. The van der Waals surface area contributed by atoms with Gasteiger partial charge in [0, 0.05) is 30.8 Å². The van der Waals surface area contributed by atoms with Crippen LogP contribution in [0.5, 0.6) is 0 Å². The summed E-state index contributed by atoms with van der Waals surface area (Å²) in [6, 6.07) is 0. The lowest BCUT2D eigenvalue weighted by Gasteiger charge is -2.03. The van der Waals surface area contributed by atoms with Crippen LogP contribution in [0, 0.1) is 6.92 Å². The van der Waals surface area contributed by atoms with E-state index in [-0.39, 0.29) is 5.91 Å². The van der Waals surface area contributed by atoms with E-state index in [1.807, 2.05) is 7.05 Å². The average Bonchev–Trinajstić information content (AvgIpc) is 2.67. The van der Waals surface area contributed by atoms with Gasteiger partial charge < -0.3 is 10.6 Å². The highest BCUT2D eigenvalue weighted by molar-refractivity contribution is 7.11. The van der Waals surface area contributed by atoms with Gasteiger partial charge in [-0.05, 0) is 20.4 Å². The molecule has 2 N–H and O–H groups in total. The van der Waals surface area contributed by atoms with Gasteiger partial charge in [0.05, 0.1) is 10.7 Å². The molecule has 0 saturated carbocycles. The fourth-order valence-corrected chi connectivity index (χ4v) is 2.58. The Hall–Kier alpha value is -0.940. The van der Waals surface area contributed by atoms with Crippen molar-refractivity contribution in [3.8, 4) is 0 Å². The molecule has 1 rings (SSSR count). The molecule has 0 spiro atoms. The van der Waals surface area contributed by atoms with Crippen LogP contribution in [-0.4, -0.2) is 31.0 Å². The van der Waals surface area contributed by atoms with Crippen LogP contribution in [0.3, 0.4) is 0 Å². The molecule has 0 aliphatic carbocycles.